The molecule has 2 nitrogen and oxygen atoms in total. The van der Waals surface area contributed by atoms with Gasteiger partial charge >= 0.3 is 0 Å². The first-order valence-corrected chi connectivity index (χ1v) is 3.78. The number of hydrogen-bond acceptors (Lipinski definition) is 2. The average molecular weight is 140 g/mol. The Hall–Kier alpha value is -0.680. The minimum Gasteiger partial charge on any atom is -0.359 e. The molecule has 0 aliphatic carbocycles. The zero-order valence-electron chi connectivity index (χ0n) is 6.56. The molecule has 4 N–H and O–H groups in total. The SMILES string of the molecule is CCCCCC(N)C#CN. The van der Waals surface area contributed by atoms with Gasteiger partial charge in [-0.15, -0.1) is 0 Å². The molecule has 58 valence electrons. The normalized spacial score (nSPS) is 11.8. The molecule has 0 radical (unpaired) electrons. The highest BCUT2D eigenvalue weighted by molar-refractivity contribution is 5.02. The predicted molar refractivity (Wildman–Crippen MR) is 44.1 cm³/mol. The third kappa shape index (κ3) is 5.46. The van der Waals surface area contributed by atoms with E-state index in [2.05, 4.69) is 18.9 Å². The summed E-state index contributed by atoms with van der Waals surface area (Å²) in [6, 6.07) is 2.30. The lowest BCUT2D eigenvalue weighted by Gasteiger charge is -2.00. The molecule has 0 aromatic rings. The quantitative estimate of drug-likeness (QED) is 0.345. The van der Waals surface area contributed by atoms with E-state index in [1.807, 2.05) is 0 Å². The zero-order chi connectivity index (χ0) is 7.82. The summed E-state index contributed by atoms with van der Waals surface area (Å²) in [4.78, 5) is 0. The highest BCUT2D eigenvalue weighted by atomic mass is 14.6. The number of hydrogen-bond donors (Lipinski definition) is 2. The summed E-state index contributed by atoms with van der Waals surface area (Å²) in [5.41, 5.74) is 10.6. The lowest BCUT2D eigenvalue weighted by Crippen LogP contribution is -2.17. The fourth-order valence-corrected chi connectivity index (χ4v) is 0.793. The summed E-state index contributed by atoms with van der Waals surface area (Å²) in [5.74, 6) is 2.71. The van der Waals surface area contributed by atoms with E-state index >= 15 is 0 Å². The summed E-state index contributed by atoms with van der Waals surface area (Å²) < 4.78 is 0. The van der Waals surface area contributed by atoms with E-state index < -0.39 is 0 Å². The second-order valence-corrected chi connectivity index (χ2v) is 2.39. The van der Waals surface area contributed by atoms with Crippen molar-refractivity contribution in [3.05, 3.63) is 0 Å². The van der Waals surface area contributed by atoms with Crippen molar-refractivity contribution >= 4 is 0 Å². The fourth-order valence-electron chi connectivity index (χ4n) is 0.793. The van der Waals surface area contributed by atoms with Crippen LogP contribution in [-0.4, -0.2) is 6.04 Å². The van der Waals surface area contributed by atoms with Gasteiger partial charge in [0.15, 0.2) is 0 Å². The first-order valence-electron chi connectivity index (χ1n) is 3.78. The molecule has 0 aliphatic heterocycles. The van der Waals surface area contributed by atoms with Gasteiger partial charge in [0.25, 0.3) is 0 Å². The number of nitrogens with two attached hydrogens (primary N) is 2. The van der Waals surface area contributed by atoms with E-state index in [0.717, 1.165) is 12.8 Å². The maximum absolute atomic E-state index is 5.57. The van der Waals surface area contributed by atoms with Crippen LogP contribution in [0.1, 0.15) is 32.6 Å². The Bertz CT molecular complexity index is 121. The van der Waals surface area contributed by atoms with Gasteiger partial charge in [0, 0.05) is 6.04 Å². The molecule has 10 heavy (non-hydrogen) atoms. The molecule has 1 unspecified atom stereocenters. The Kier molecular flexibility index (Phi) is 6.00. The van der Waals surface area contributed by atoms with Gasteiger partial charge in [-0.25, -0.2) is 0 Å². The lowest BCUT2D eigenvalue weighted by molar-refractivity contribution is 0.632. The summed E-state index contributed by atoms with van der Waals surface area (Å²) >= 11 is 0. The van der Waals surface area contributed by atoms with E-state index in [9.17, 15) is 0 Å². The third-order valence-electron chi connectivity index (χ3n) is 1.39. The highest BCUT2D eigenvalue weighted by Gasteiger charge is 1.94. The largest absolute Gasteiger partial charge is 0.359 e. The van der Waals surface area contributed by atoms with Crippen molar-refractivity contribution in [1.29, 1.82) is 0 Å². The van der Waals surface area contributed by atoms with Crippen LogP contribution in [0.2, 0.25) is 0 Å². The van der Waals surface area contributed by atoms with Gasteiger partial charge in [-0.05, 0) is 6.42 Å². The first-order chi connectivity index (χ1) is 4.81. The van der Waals surface area contributed by atoms with E-state index in [1.54, 1.807) is 0 Å². The minimum absolute atomic E-state index is 0.0171. The van der Waals surface area contributed by atoms with Crippen molar-refractivity contribution in [2.75, 3.05) is 0 Å². The Labute approximate surface area is 63.0 Å². The van der Waals surface area contributed by atoms with Crippen LogP contribution < -0.4 is 11.5 Å². The minimum atomic E-state index is -0.0171. The van der Waals surface area contributed by atoms with Gasteiger partial charge in [-0.3, -0.25) is 0 Å². The molecule has 0 spiro atoms. The van der Waals surface area contributed by atoms with Gasteiger partial charge in [0.1, 0.15) is 0 Å². The molecule has 0 saturated carbocycles. The van der Waals surface area contributed by atoms with Gasteiger partial charge in [-0.1, -0.05) is 32.1 Å². The topological polar surface area (TPSA) is 52.0 Å². The summed E-state index contributed by atoms with van der Waals surface area (Å²) in [6.07, 6.45) is 4.59. The van der Waals surface area contributed by atoms with E-state index in [-0.39, 0.29) is 6.04 Å². The molecule has 0 heterocycles. The molecule has 0 rings (SSSR count). The van der Waals surface area contributed by atoms with Crippen LogP contribution in [-0.2, 0) is 0 Å². The summed E-state index contributed by atoms with van der Waals surface area (Å²) in [6.45, 7) is 2.17. The highest BCUT2D eigenvalue weighted by Crippen LogP contribution is 2.00. The van der Waals surface area contributed by atoms with E-state index in [1.165, 1.54) is 12.8 Å². The van der Waals surface area contributed by atoms with Crippen LogP contribution in [0.5, 0.6) is 0 Å². The maximum Gasteiger partial charge on any atom is 0.0682 e. The summed E-state index contributed by atoms with van der Waals surface area (Å²) in [7, 11) is 0. The van der Waals surface area contributed by atoms with Crippen LogP contribution in [0.15, 0.2) is 0 Å². The molecular weight excluding hydrogens is 124 g/mol. The standard InChI is InChI=1S/C8H16N2/c1-2-3-4-5-8(10)6-7-9/h8H,2-5,9-10H2,1H3. The monoisotopic (exact) mass is 140 g/mol. The number of unbranched alkanes of at least 4 members (excludes halogenated alkanes) is 2. The Morgan fingerprint density at radius 2 is 2.10 bits per heavy atom. The zero-order valence-corrected chi connectivity index (χ0v) is 6.56. The smallest absolute Gasteiger partial charge is 0.0682 e. The van der Waals surface area contributed by atoms with Crippen molar-refractivity contribution in [2.45, 2.75) is 38.6 Å². The van der Waals surface area contributed by atoms with Gasteiger partial charge < -0.3 is 11.5 Å². The third-order valence-corrected chi connectivity index (χ3v) is 1.39. The molecule has 0 aromatic carbocycles. The lowest BCUT2D eigenvalue weighted by atomic mass is 10.1. The second kappa shape index (κ2) is 6.44. The van der Waals surface area contributed by atoms with Crippen molar-refractivity contribution in [3.63, 3.8) is 0 Å². The van der Waals surface area contributed by atoms with Crippen molar-refractivity contribution < 1.29 is 0 Å². The van der Waals surface area contributed by atoms with Crippen LogP contribution in [0.4, 0.5) is 0 Å². The maximum atomic E-state index is 5.57. The molecule has 0 fully saturated rings. The van der Waals surface area contributed by atoms with Crippen LogP contribution in [0.25, 0.3) is 0 Å². The van der Waals surface area contributed by atoms with Crippen molar-refractivity contribution in [1.82, 2.24) is 0 Å². The van der Waals surface area contributed by atoms with E-state index in [4.69, 9.17) is 11.5 Å². The molecule has 0 aliphatic rings. The van der Waals surface area contributed by atoms with Crippen LogP contribution in [0.3, 0.4) is 0 Å². The molecule has 0 aromatic heterocycles. The Balaban J connectivity index is 3.18. The first kappa shape index (κ1) is 9.32. The van der Waals surface area contributed by atoms with Gasteiger partial charge in [0.2, 0.25) is 0 Å². The van der Waals surface area contributed by atoms with Crippen LogP contribution >= 0.6 is 0 Å². The number of rotatable bonds is 4. The summed E-state index contributed by atoms with van der Waals surface area (Å²) in [5, 5.41) is 0. The Morgan fingerprint density at radius 1 is 1.40 bits per heavy atom. The van der Waals surface area contributed by atoms with E-state index in [0.29, 0.717) is 0 Å². The second-order valence-electron chi connectivity index (χ2n) is 2.39. The predicted octanol–water partition coefficient (Wildman–Crippen LogP) is 0.814. The molecule has 1 atom stereocenters. The van der Waals surface area contributed by atoms with Crippen LogP contribution in [0, 0.1) is 12.0 Å². The van der Waals surface area contributed by atoms with Crippen molar-refractivity contribution in [3.8, 4) is 12.0 Å². The van der Waals surface area contributed by atoms with Gasteiger partial charge in [0.05, 0.1) is 6.04 Å². The average Bonchev–Trinajstić information content (AvgIpc) is 1.89. The molecular formula is C8H16N2. The Morgan fingerprint density at radius 3 is 2.60 bits per heavy atom. The molecule has 0 saturated heterocycles. The molecule has 0 amide bonds. The molecule has 0 bridgehead atoms. The van der Waals surface area contributed by atoms with Crippen molar-refractivity contribution in [2.24, 2.45) is 11.5 Å². The fraction of sp³-hybridized carbons (Fsp3) is 0.750. The van der Waals surface area contributed by atoms with Gasteiger partial charge in [-0.2, -0.15) is 0 Å². The molecule has 2 heteroatoms.